The van der Waals surface area contributed by atoms with Crippen molar-refractivity contribution in [3.63, 3.8) is 0 Å². The number of pyridine rings is 1. The standard InChI is InChI=1S/C14H19N3O5S/c1-14(2,9-18)8-16-23(21,22)10-3-4-11(15-7-10)17-12(19)5-6-13(17)20/h3-4,7,16,18H,5-6,8-9H2,1-2H3. The zero-order chi connectivity index (χ0) is 17.3. The molecular formula is C14H19N3O5S. The number of nitrogens with one attached hydrogen (secondary N) is 1. The third-order valence-corrected chi connectivity index (χ3v) is 4.87. The Morgan fingerprint density at radius 1 is 1.26 bits per heavy atom. The number of rotatable bonds is 6. The van der Waals surface area contributed by atoms with Gasteiger partial charge in [-0.1, -0.05) is 13.8 Å². The maximum atomic E-state index is 12.2. The Bertz CT molecular complexity index is 696. The van der Waals surface area contributed by atoms with Gasteiger partial charge in [0.25, 0.3) is 0 Å². The quantitative estimate of drug-likeness (QED) is 0.705. The van der Waals surface area contributed by atoms with Crippen molar-refractivity contribution in [2.45, 2.75) is 31.6 Å². The molecule has 0 spiro atoms. The van der Waals surface area contributed by atoms with Gasteiger partial charge in [-0.25, -0.2) is 23.0 Å². The van der Waals surface area contributed by atoms with Gasteiger partial charge in [0.05, 0.1) is 0 Å². The minimum absolute atomic E-state index is 0.0662. The molecule has 0 unspecified atom stereocenters. The average molecular weight is 341 g/mol. The average Bonchev–Trinajstić information content (AvgIpc) is 2.85. The van der Waals surface area contributed by atoms with Gasteiger partial charge in [-0.3, -0.25) is 9.59 Å². The normalized spacial score (nSPS) is 16.2. The van der Waals surface area contributed by atoms with Crippen LogP contribution in [0, 0.1) is 5.41 Å². The van der Waals surface area contributed by atoms with Crippen molar-refractivity contribution in [2.75, 3.05) is 18.1 Å². The number of carbonyl (C=O) groups is 2. The van der Waals surface area contributed by atoms with Gasteiger partial charge in [-0.15, -0.1) is 0 Å². The molecule has 1 aliphatic rings. The zero-order valence-electron chi connectivity index (χ0n) is 12.9. The van der Waals surface area contributed by atoms with Crippen molar-refractivity contribution in [2.24, 2.45) is 5.41 Å². The summed E-state index contributed by atoms with van der Waals surface area (Å²) in [5.41, 5.74) is -0.588. The third kappa shape index (κ3) is 3.92. The highest BCUT2D eigenvalue weighted by molar-refractivity contribution is 7.89. The van der Waals surface area contributed by atoms with Crippen molar-refractivity contribution >= 4 is 27.7 Å². The summed E-state index contributed by atoms with van der Waals surface area (Å²) in [6.45, 7) is 3.35. The Hall–Kier alpha value is -1.84. The number of aromatic nitrogens is 1. The molecule has 126 valence electrons. The predicted octanol–water partition coefficient (Wildman–Crippen LogP) is 0.0318. The number of hydrogen-bond donors (Lipinski definition) is 2. The molecule has 1 fully saturated rings. The fraction of sp³-hybridized carbons (Fsp3) is 0.500. The van der Waals surface area contributed by atoms with E-state index in [0.29, 0.717) is 0 Å². The molecule has 1 aliphatic heterocycles. The first kappa shape index (κ1) is 17.5. The van der Waals surface area contributed by atoms with Crippen LogP contribution in [-0.2, 0) is 19.6 Å². The predicted molar refractivity (Wildman–Crippen MR) is 82.0 cm³/mol. The van der Waals surface area contributed by atoms with E-state index in [-0.39, 0.29) is 48.5 Å². The smallest absolute Gasteiger partial charge is 0.242 e. The summed E-state index contributed by atoms with van der Waals surface area (Å²) in [5, 5.41) is 9.15. The molecule has 2 amide bonds. The van der Waals surface area contributed by atoms with Gasteiger partial charge in [0.15, 0.2) is 0 Å². The lowest BCUT2D eigenvalue weighted by molar-refractivity contribution is -0.121. The first-order valence-electron chi connectivity index (χ1n) is 7.09. The van der Waals surface area contributed by atoms with Crippen LogP contribution in [0.1, 0.15) is 26.7 Å². The van der Waals surface area contributed by atoms with Gasteiger partial charge < -0.3 is 5.11 Å². The second kappa shape index (κ2) is 6.34. The summed E-state index contributed by atoms with van der Waals surface area (Å²) in [6.07, 6.45) is 1.37. The highest BCUT2D eigenvalue weighted by Crippen LogP contribution is 2.21. The fourth-order valence-electron chi connectivity index (χ4n) is 1.93. The Labute approximate surface area is 134 Å². The second-order valence-electron chi connectivity index (χ2n) is 6.12. The Morgan fingerprint density at radius 3 is 2.35 bits per heavy atom. The SMILES string of the molecule is CC(C)(CO)CNS(=O)(=O)c1ccc(N2C(=O)CCC2=O)nc1. The number of nitrogens with zero attached hydrogens (tertiary/aromatic N) is 2. The van der Waals surface area contributed by atoms with Gasteiger partial charge in [0.1, 0.15) is 10.7 Å². The van der Waals surface area contributed by atoms with Crippen molar-refractivity contribution in [1.82, 2.24) is 9.71 Å². The van der Waals surface area contributed by atoms with Gasteiger partial charge in [-0.05, 0) is 12.1 Å². The van der Waals surface area contributed by atoms with Gasteiger partial charge in [0, 0.05) is 37.6 Å². The summed E-state index contributed by atoms with van der Waals surface area (Å²) >= 11 is 0. The molecule has 0 aromatic carbocycles. The molecule has 2 heterocycles. The Morgan fingerprint density at radius 2 is 1.87 bits per heavy atom. The molecule has 8 nitrogen and oxygen atoms in total. The van der Waals surface area contributed by atoms with Gasteiger partial charge in [0.2, 0.25) is 21.8 Å². The number of amides is 2. The number of aliphatic hydroxyl groups is 1. The van der Waals surface area contributed by atoms with Crippen molar-refractivity contribution in [3.8, 4) is 0 Å². The maximum Gasteiger partial charge on any atom is 0.242 e. The van der Waals surface area contributed by atoms with Crippen molar-refractivity contribution in [3.05, 3.63) is 18.3 Å². The highest BCUT2D eigenvalue weighted by Gasteiger charge is 2.31. The number of anilines is 1. The van der Waals surface area contributed by atoms with Crippen molar-refractivity contribution < 1.29 is 23.1 Å². The van der Waals surface area contributed by atoms with E-state index in [4.69, 9.17) is 5.11 Å². The molecular weight excluding hydrogens is 322 g/mol. The molecule has 1 aromatic heterocycles. The molecule has 0 aliphatic carbocycles. The zero-order valence-corrected chi connectivity index (χ0v) is 13.8. The molecule has 9 heteroatoms. The van der Waals surface area contributed by atoms with Gasteiger partial charge >= 0.3 is 0 Å². The van der Waals surface area contributed by atoms with E-state index < -0.39 is 15.4 Å². The van der Waals surface area contributed by atoms with Crippen LogP contribution in [0.3, 0.4) is 0 Å². The van der Waals surface area contributed by atoms with E-state index >= 15 is 0 Å². The maximum absolute atomic E-state index is 12.2. The number of hydrogen-bond acceptors (Lipinski definition) is 6. The third-order valence-electron chi connectivity index (χ3n) is 3.48. The molecule has 1 aromatic rings. The van der Waals surface area contributed by atoms with Gasteiger partial charge in [-0.2, -0.15) is 0 Å². The summed E-state index contributed by atoms with van der Waals surface area (Å²) < 4.78 is 26.7. The summed E-state index contributed by atoms with van der Waals surface area (Å²) in [6, 6.07) is 2.61. The van der Waals surface area contributed by atoms with Crippen LogP contribution >= 0.6 is 0 Å². The second-order valence-corrected chi connectivity index (χ2v) is 7.89. The van der Waals surface area contributed by atoms with Crippen LogP contribution in [0.5, 0.6) is 0 Å². The van der Waals surface area contributed by atoms with E-state index in [1.165, 1.54) is 12.1 Å². The highest BCUT2D eigenvalue weighted by atomic mass is 32.2. The van der Waals surface area contributed by atoms with E-state index in [1.807, 2.05) is 0 Å². The minimum atomic E-state index is -3.78. The van der Waals surface area contributed by atoms with Crippen LogP contribution in [-0.4, -0.2) is 43.5 Å². The lowest BCUT2D eigenvalue weighted by atomic mass is 9.96. The lowest BCUT2D eigenvalue weighted by Crippen LogP contribution is -2.36. The van der Waals surface area contributed by atoms with Crippen LogP contribution < -0.4 is 9.62 Å². The molecule has 2 N–H and O–H groups in total. The first-order valence-corrected chi connectivity index (χ1v) is 8.57. The van der Waals surface area contributed by atoms with E-state index in [0.717, 1.165) is 11.1 Å². The monoisotopic (exact) mass is 341 g/mol. The summed E-state index contributed by atoms with van der Waals surface area (Å²) in [5.74, 6) is -0.575. The van der Waals surface area contributed by atoms with Crippen LogP contribution in [0.25, 0.3) is 0 Å². The fourth-order valence-corrected chi connectivity index (χ4v) is 3.11. The number of aliphatic hydroxyl groups excluding tert-OH is 1. The molecule has 0 atom stereocenters. The molecule has 0 radical (unpaired) electrons. The number of sulfonamides is 1. The van der Waals surface area contributed by atoms with E-state index in [2.05, 4.69) is 9.71 Å². The van der Waals surface area contributed by atoms with Crippen molar-refractivity contribution in [1.29, 1.82) is 0 Å². The topological polar surface area (TPSA) is 117 Å². The number of imide groups is 1. The number of carbonyl (C=O) groups excluding carboxylic acids is 2. The van der Waals surface area contributed by atoms with Crippen LogP contribution in [0.15, 0.2) is 23.2 Å². The molecule has 2 rings (SSSR count). The Balaban J connectivity index is 2.15. The summed E-state index contributed by atoms with van der Waals surface area (Å²) in [4.78, 5) is 28.0. The van der Waals surface area contributed by atoms with Crippen LogP contribution in [0.4, 0.5) is 5.82 Å². The first-order chi connectivity index (χ1) is 10.7. The molecule has 0 saturated carbocycles. The molecule has 23 heavy (non-hydrogen) atoms. The Kier molecular flexibility index (Phi) is 4.83. The molecule has 1 saturated heterocycles. The largest absolute Gasteiger partial charge is 0.396 e. The minimum Gasteiger partial charge on any atom is -0.396 e. The summed E-state index contributed by atoms with van der Waals surface area (Å²) in [7, 11) is -3.78. The lowest BCUT2D eigenvalue weighted by Gasteiger charge is -2.21. The van der Waals surface area contributed by atoms with Crippen LogP contribution in [0.2, 0.25) is 0 Å². The van der Waals surface area contributed by atoms with E-state index in [1.54, 1.807) is 13.8 Å². The van der Waals surface area contributed by atoms with E-state index in [9.17, 15) is 18.0 Å². The molecule has 0 bridgehead atoms.